The summed E-state index contributed by atoms with van der Waals surface area (Å²) in [5, 5.41) is 0. The summed E-state index contributed by atoms with van der Waals surface area (Å²) in [7, 11) is 0. The molecule has 0 aromatic heterocycles. The molecule has 0 saturated carbocycles. The summed E-state index contributed by atoms with van der Waals surface area (Å²) in [5.74, 6) is 0.468. The first-order valence-corrected chi connectivity index (χ1v) is 6.48. The Morgan fingerprint density at radius 1 is 1.28 bits per heavy atom. The maximum atomic E-state index is 11.8. The molecule has 1 aliphatic rings. The Kier molecular flexibility index (Phi) is 3.55. The fourth-order valence-corrected chi connectivity index (χ4v) is 1.91. The van der Waals surface area contributed by atoms with Gasteiger partial charge in [-0.2, -0.15) is 0 Å². The highest BCUT2D eigenvalue weighted by atomic mass is 16.5. The quantitative estimate of drug-likeness (QED) is 0.551. The van der Waals surface area contributed by atoms with Crippen LogP contribution in [0.4, 0.5) is 0 Å². The highest BCUT2D eigenvalue weighted by Gasteiger charge is 2.23. The number of aryl methyl sites for hydroxylation is 1. The maximum Gasteiger partial charge on any atom is 0.316 e. The number of carbonyl (C=O) groups excluding carboxylic acids is 1. The number of ether oxygens (including phenoxy) is 1. The molecule has 0 heterocycles. The van der Waals surface area contributed by atoms with Crippen LogP contribution < -0.4 is 4.74 Å². The van der Waals surface area contributed by atoms with Gasteiger partial charge in [-0.05, 0) is 63.3 Å². The summed E-state index contributed by atoms with van der Waals surface area (Å²) in [6.45, 7) is 5.59. The second-order valence-electron chi connectivity index (χ2n) is 5.79. The van der Waals surface area contributed by atoms with Gasteiger partial charge in [-0.1, -0.05) is 18.2 Å². The molecule has 18 heavy (non-hydrogen) atoms. The van der Waals surface area contributed by atoms with Gasteiger partial charge < -0.3 is 4.74 Å². The van der Waals surface area contributed by atoms with Crippen molar-refractivity contribution in [3.63, 3.8) is 0 Å². The lowest BCUT2D eigenvalue weighted by molar-refractivity contribution is -0.142. The number of hydrogen-bond acceptors (Lipinski definition) is 2. The Hall–Kier alpha value is -1.57. The third-order valence-electron chi connectivity index (χ3n) is 3.05. The van der Waals surface area contributed by atoms with Crippen LogP contribution >= 0.6 is 0 Å². The molecule has 0 saturated heterocycles. The van der Waals surface area contributed by atoms with Crippen LogP contribution in [-0.2, 0) is 11.2 Å². The zero-order valence-electron chi connectivity index (χ0n) is 11.3. The molecule has 0 fully saturated rings. The average Bonchev–Trinajstić information content (AvgIpc) is 2.52. The summed E-state index contributed by atoms with van der Waals surface area (Å²) in [6, 6.07) is 5.90. The molecule has 1 aromatic carbocycles. The third-order valence-corrected chi connectivity index (χ3v) is 3.05. The molecule has 0 unspecified atom stereocenters. The van der Waals surface area contributed by atoms with Crippen molar-refractivity contribution >= 4 is 12.0 Å². The Balaban J connectivity index is 2.19. The molecular formula is C16H20O2. The van der Waals surface area contributed by atoms with Crippen molar-refractivity contribution in [1.82, 2.24) is 0 Å². The van der Waals surface area contributed by atoms with Crippen LogP contribution in [0.25, 0.3) is 6.08 Å². The summed E-state index contributed by atoms with van der Waals surface area (Å²) in [4.78, 5) is 11.8. The minimum atomic E-state index is -0.466. The number of fused-ring (bicyclic) bond motifs is 1. The van der Waals surface area contributed by atoms with E-state index in [4.69, 9.17) is 4.74 Å². The molecule has 0 radical (unpaired) electrons. The number of carbonyl (C=O) groups is 1. The third kappa shape index (κ3) is 3.00. The van der Waals surface area contributed by atoms with E-state index in [1.807, 2.05) is 39.0 Å². The molecule has 1 aliphatic carbocycles. The molecule has 0 bridgehead atoms. The molecule has 1 aromatic rings. The van der Waals surface area contributed by atoms with Crippen molar-refractivity contribution in [3.05, 3.63) is 35.4 Å². The first-order valence-electron chi connectivity index (χ1n) is 6.48. The van der Waals surface area contributed by atoms with Crippen LogP contribution in [-0.4, -0.2) is 5.97 Å². The lowest BCUT2D eigenvalue weighted by Crippen LogP contribution is -2.25. The summed E-state index contributed by atoms with van der Waals surface area (Å²) >= 11 is 0. The second kappa shape index (κ2) is 4.97. The van der Waals surface area contributed by atoms with Crippen LogP contribution in [0, 0.1) is 5.41 Å². The Bertz CT molecular complexity index is 478. The predicted molar refractivity (Wildman–Crippen MR) is 73.5 cm³/mol. The van der Waals surface area contributed by atoms with Crippen LogP contribution in [0.15, 0.2) is 24.3 Å². The fraction of sp³-hybridized carbons (Fsp3) is 0.438. The van der Waals surface area contributed by atoms with E-state index in [1.54, 1.807) is 0 Å². The maximum absolute atomic E-state index is 11.8. The van der Waals surface area contributed by atoms with E-state index in [1.165, 1.54) is 11.1 Å². The molecule has 0 amide bonds. The van der Waals surface area contributed by atoms with Crippen molar-refractivity contribution in [2.24, 2.45) is 5.41 Å². The van der Waals surface area contributed by atoms with E-state index in [9.17, 15) is 4.79 Å². The van der Waals surface area contributed by atoms with Gasteiger partial charge in [0.15, 0.2) is 0 Å². The molecule has 0 spiro atoms. The number of hydrogen-bond donors (Lipinski definition) is 0. The Morgan fingerprint density at radius 3 is 2.78 bits per heavy atom. The number of benzene rings is 1. The van der Waals surface area contributed by atoms with Gasteiger partial charge in [0.1, 0.15) is 5.75 Å². The second-order valence-corrected chi connectivity index (χ2v) is 5.79. The van der Waals surface area contributed by atoms with E-state index in [2.05, 4.69) is 12.2 Å². The standard InChI is InChI=1S/C16H20O2/c1-16(2,3)15(17)18-14-10-9-12-7-5-4-6-8-13(12)11-14/h5,7,9-11H,4,6,8H2,1-3H3. The van der Waals surface area contributed by atoms with Gasteiger partial charge >= 0.3 is 5.97 Å². The van der Waals surface area contributed by atoms with Gasteiger partial charge in [0.05, 0.1) is 5.41 Å². The van der Waals surface area contributed by atoms with E-state index in [0.717, 1.165) is 19.3 Å². The average molecular weight is 244 g/mol. The van der Waals surface area contributed by atoms with E-state index < -0.39 is 5.41 Å². The Morgan fingerprint density at radius 2 is 2.06 bits per heavy atom. The highest BCUT2D eigenvalue weighted by molar-refractivity contribution is 5.78. The van der Waals surface area contributed by atoms with Gasteiger partial charge in [-0.3, -0.25) is 4.79 Å². The van der Waals surface area contributed by atoms with Crippen molar-refractivity contribution in [2.75, 3.05) is 0 Å². The van der Waals surface area contributed by atoms with Gasteiger partial charge in [0.25, 0.3) is 0 Å². The van der Waals surface area contributed by atoms with Gasteiger partial charge in [-0.15, -0.1) is 0 Å². The lowest BCUT2D eigenvalue weighted by atomic mass is 9.97. The summed E-state index contributed by atoms with van der Waals surface area (Å²) in [6.07, 6.45) is 7.67. The number of rotatable bonds is 1. The molecule has 0 aliphatic heterocycles. The molecule has 0 N–H and O–H groups in total. The monoisotopic (exact) mass is 244 g/mol. The topological polar surface area (TPSA) is 26.3 Å². The van der Waals surface area contributed by atoms with Crippen LogP contribution in [0.5, 0.6) is 5.75 Å². The Labute approximate surface area is 109 Å². The first-order chi connectivity index (χ1) is 8.47. The number of allylic oxidation sites excluding steroid dienone is 1. The van der Waals surface area contributed by atoms with Gasteiger partial charge in [0, 0.05) is 0 Å². The molecule has 2 heteroatoms. The number of esters is 1. The predicted octanol–water partition coefficient (Wildman–Crippen LogP) is 3.99. The van der Waals surface area contributed by atoms with E-state index >= 15 is 0 Å². The summed E-state index contributed by atoms with van der Waals surface area (Å²) in [5.41, 5.74) is 2.04. The molecule has 0 atom stereocenters. The van der Waals surface area contributed by atoms with Crippen LogP contribution in [0.1, 0.15) is 44.7 Å². The summed E-state index contributed by atoms with van der Waals surface area (Å²) < 4.78 is 5.42. The van der Waals surface area contributed by atoms with E-state index in [0.29, 0.717) is 5.75 Å². The van der Waals surface area contributed by atoms with Crippen LogP contribution in [0.2, 0.25) is 0 Å². The van der Waals surface area contributed by atoms with E-state index in [-0.39, 0.29) is 5.97 Å². The van der Waals surface area contributed by atoms with Crippen molar-refractivity contribution < 1.29 is 9.53 Å². The molecule has 96 valence electrons. The molecule has 2 rings (SSSR count). The highest BCUT2D eigenvalue weighted by Crippen LogP contribution is 2.25. The largest absolute Gasteiger partial charge is 0.426 e. The lowest BCUT2D eigenvalue weighted by Gasteiger charge is -2.17. The fourth-order valence-electron chi connectivity index (χ4n) is 1.91. The molecular weight excluding hydrogens is 224 g/mol. The minimum Gasteiger partial charge on any atom is -0.426 e. The minimum absolute atomic E-state index is 0.188. The SMILES string of the molecule is CC(C)(C)C(=O)Oc1ccc2c(c1)CCCC=C2. The zero-order valence-corrected chi connectivity index (χ0v) is 11.3. The molecule has 2 nitrogen and oxygen atoms in total. The van der Waals surface area contributed by atoms with Crippen molar-refractivity contribution in [3.8, 4) is 5.75 Å². The zero-order chi connectivity index (χ0) is 13.2. The van der Waals surface area contributed by atoms with Crippen LogP contribution in [0.3, 0.4) is 0 Å². The smallest absolute Gasteiger partial charge is 0.316 e. The van der Waals surface area contributed by atoms with Gasteiger partial charge in [-0.25, -0.2) is 0 Å². The normalized spacial score (nSPS) is 14.8. The van der Waals surface area contributed by atoms with Crippen molar-refractivity contribution in [1.29, 1.82) is 0 Å². The van der Waals surface area contributed by atoms with Gasteiger partial charge in [0.2, 0.25) is 0 Å². The van der Waals surface area contributed by atoms with Crippen molar-refractivity contribution in [2.45, 2.75) is 40.0 Å². The first kappa shape index (κ1) is 12.9.